The third-order valence-corrected chi connectivity index (χ3v) is 4.08. The number of rotatable bonds is 8. The molecule has 0 aliphatic heterocycles. The molecule has 164 valence electrons. The van der Waals surface area contributed by atoms with Gasteiger partial charge in [0.2, 0.25) is 5.88 Å². The number of amides is 2. The number of nitrogens with one attached hydrogen (secondary N) is 2. The Morgan fingerprint density at radius 1 is 1.03 bits per heavy atom. The van der Waals surface area contributed by atoms with E-state index in [4.69, 9.17) is 15.3 Å². The smallest absolute Gasteiger partial charge is 0.265 e. The van der Waals surface area contributed by atoms with Crippen LogP contribution < -0.4 is 21.1 Å². The van der Waals surface area contributed by atoms with Gasteiger partial charge in [-0.3, -0.25) is 9.59 Å². The highest BCUT2D eigenvalue weighted by Crippen LogP contribution is 2.19. The van der Waals surface area contributed by atoms with Crippen LogP contribution in [0.15, 0.2) is 72.0 Å². The number of ether oxygens (including phenoxy) is 1. The van der Waals surface area contributed by atoms with E-state index in [1.54, 1.807) is 36.4 Å². The minimum Gasteiger partial charge on any atom is -0.439 e. The highest BCUT2D eigenvalue weighted by molar-refractivity contribution is 5.97. The van der Waals surface area contributed by atoms with E-state index in [0.29, 0.717) is 22.6 Å². The number of amidine groups is 1. The van der Waals surface area contributed by atoms with Gasteiger partial charge in [0.15, 0.2) is 12.4 Å². The predicted octanol–water partition coefficient (Wildman–Crippen LogP) is 2.65. The maximum Gasteiger partial charge on any atom is 0.265 e. The van der Waals surface area contributed by atoms with Crippen LogP contribution in [0.4, 0.5) is 10.1 Å². The Morgan fingerprint density at radius 2 is 1.72 bits per heavy atom. The van der Waals surface area contributed by atoms with Crippen LogP contribution in [0.1, 0.15) is 15.9 Å². The van der Waals surface area contributed by atoms with Crippen LogP contribution in [-0.2, 0) is 9.63 Å². The first kappa shape index (κ1) is 22.2. The molecule has 0 bridgehead atoms. The molecule has 0 fully saturated rings. The lowest BCUT2D eigenvalue weighted by Crippen LogP contribution is -2.20. The fourth-order valence-electron chi connectivity index (χ4n) is 2.48. The van der Waals surface area contributed by atoms with Crippen molar-refractivity contribution >= 4 is 23.3 Å². The molecule has 3 aromatic rings. The number of benzene rings is 2. The summed E-state index contributed by atoms with van der Waals surface area (Å²) in [4.78, 5) is 32.6. The molecule has 0 saturated carbocycles. The lowest BCUT2D eigenvalue weighted by Gasteiger charge is -2.07. The van der Waals surface area contributed by atoms with Gasteiger partial charge in [-0.2, -0.15) is 0 Å². The van der Waals surface area contributed by atoms with E-state index in [0.717, 1.165) is 0 Å². The van der Waals surface area contributed by atoms with Crippen molar-refractivity contribution in [1.29, 1.82) is 0 Å². The van der Waals surface area contributed by atoms with Crippen molar-refractivity contribution in [3.05, 3.63) is 83.8 Å². The minimum absolute atomic E-state index is 0.0218. The second-order valence-corrected chi connectivity index (χ2v) is 6.40. The Kier molecular flexibility index (Phi) is 7.31. The zero-order valence-electron chi connectivity index (χ0n) is 17.0. The van der Waals surface area contributed by atoms with Crippen LogP contribution in [0, 0.1) is 5.82 Å². The molecule has 1 heterocycles. The molecule has 0 radical (unpaired) electrons. The SMILES string of the molecule is CNC(=O)c1ccc(NC(=O)CO/N=C(/N)c2ccc(Oc3ccc(F)cc3)nc2)cc1. The van der Waals surface area contributed by atoms with Crippen LogP contribution in [-0.4, -0.2) is 36.3 Å². The Morgan fingerprint density at radius 3 is 2.34 bits per heavy atom. The molecule has 2 amide bonds. The largest absolute Gasteiger partial charge is 0.439 e. The van der Waals surface area contributed by atoms with Gasteiger partial charge < -0.3 is 25.9 Å². The quantitative estimate of drug-likeness (QED) is 0.282. The van der Waals surface area contributed by atoms with Crippen molar-refractivity contribution in [3.63, 3.8) is 0 Å². The van der Waals surface area contributed by atoms with Crippen molar-refractivity contribution in [2.24, 2.45) is 10.9 Å². The molecule has 3 rings (SSSR count). The zero-order valence-corrected chi connectivity index (χ0v) is 17.0. The molecule has 32 heavy (non-hydrogen) atoms. The molecule has 0 saturated heterocycles. The molecule has 0 unspecified atom stereocenters. The summed E-state index contributed by atoms with van der Waals surface area (Å²) in [7, 11) is 1.54. The molecule has 0 aliphatic rings. The number of anilines is 1. The minimum atomic E-state index is -0.449. The van der Waals surface area contributed by atoms with Crippen molar-refractivity contribution in [2.45, 2.75) is 0 Å². The maximum atomic E-state index is 12.9. The van der Waals surface area contributed by atoms with Gasteiger partial charge in [0.05, 0.1) is 0 Å². The van der Waals surface area contributed by atoms with Crippen LogP contribution in [0.25, 0.3) is 0 Å². The highest BCUT2D eigenvalue weighted by Gasteiger charge is 2.07. The summed E-state index contributed by atoms with van der Waals surface area (Å²) in [6, 6.07) is 15.1. The number of oxime groups is 1. The van der Waals surface area contributed by atoms with Crippen molar-refractivity contribution < 1.29 is 23.6 Å². The van der Waals surface area contributed by atoms with E-state index in [1.165, 1.54) is 37.5 Å². The average Bonchev–Trinajstić information content (AvgIpc) is 2.81. The fraction of sp³-hybridized carbons (Fsp3) is 0.0909. The summed E-state index contributed by atoms with van der Waals surface area (Å²) < 4.78 is 18.4. The molecule has 9 nitrogen and oxygen atoms in total. The Hall–Kier alpha value is -4.47. The van der Waals surface area contributed by atoms with E-state index >= 15 is 0 Å². The topological polar surface area (TPSA) is 128 Å². The zero-order chi connectivity index (χ0) is 22.9. The normalized spacial score (nSPS) is 10.9. The van der Waals surface area contributed by atoms with Crippen molar-refractivity contribution in [2.75, 3.05) is 19.0 Å². The number of pyridine rings is 1. The van der Waals surface area contributed by atoms with Crippen LogP contribution >= 0.6 is 0 Å². The number of carbonyl (C=O) groups is 2. The summed E-state index contributed by atoms with van der Waals surface area (Å²) in [5, 5.41) is 8.83. The second-order valence-electron chi connectivity index (χ2n) is 6.40. The van der Waals surface area contributed by atoms with Gasteiger partial charge >= 0.3 is 0 Å². The molecule has 2 aromatic carbocycles. The number of hydrogen-bond acceptors (Lipinski definition) is 6. The molecule has 1 aromatic heterocycles. The lowest BCUT2D eigenvalue weighted by atomic mass is 10.2. The van der Waals surface area contributed by atoms with Crippen molar-refractivity contribution in [1.82, 2.24) is 10.3 Å². The van der Waals surface area contributed by atoms with Gasteiger partial charge in [0.1, 0.15) is 11.6 Å². The Labute approximate surface area is 183 Å². The Balaban J connectivity index is 1.49. The maximum absolute atomic E-state index is 12.9. The van der Waals surface area contributed by atoms with Crippen LogP contribution in [0.3, 0.4) is 0 Å². The third kappa shape index (κ3) is 6.26. The van der Waals surface area contributed by atoms with Gasteiger partial charge in [-0.1, -0.05) is 5.16 Å². The second kappa shape index (κ2) is 10.5. The predicted molar refractivity (Wildman–Crippen MR) is 116 cm³/mol. The summed E-state index contributed by atoms with van der Waals surface area (Å²) in [5.74, 6) is -0.288. The first-order valence-corrected chi connectivity index (χ1v) is 9.42. The average molecular weight is 437 g/mol. The standard InChI is InChI=1S/C22H20FN5O4/c1-25-22(30)14-2-7-17(8-3-14)27-19(29)13-31-28-21(24)15-4-11-20(26-12-15)32-18-9-5-16(23)6-10-18/h2-12H,13H2,1H3,(H2,24,28)(H,25,30)(H,27,29). The first-order chi connectivity index (χ1) is 15.4. The van der Waals surface area contributed by atoms with Gasteiger partial charge in [-0.25, -0.2) is 9.37 Å². The van der Waals surface area contributed by atoms with E-state index in [-0.39, 0.29) is 30.0 Å². The fourth-order valence-corrected chi connectivity index (χ4v) is 2.48. The number of halogens is 1. The van der Waals surface area contributed by atoms with Gasteiger partial charge in [-0.05, 0) is 54.6 Å². The van der Waals surface area contributed by atoms with E-state index < -0.39 is 5.91 Å². The summed E-state index contributed by atoms with van der Waals surface area (Å²) in [6.07, 6.45) is 1.43. The number of nitrogens with two attached hydrogens (primary N) is 1. The van der Waals surface area contributed by atoms with Gasteiger partial charge in [0, 0.05) is 36.1 Å². The number of nitrogens with zero attached hydrogens (tertiary/aromatic N) is 2. The molecule has 0 aliphatic carbocycles. The molecule has 10 heteroatoms. The van der Waals surface area contributed by atoms with Crippen molar-refractivity contribution in [3.8, 4) is 11.6 Å². The molecular formula is C22H20FN5O4. The summed E-state index contributed by atoms with van der Waals surface area (Å²) >= 11 is 0. The van der Waals surface area contributed by atoms with Crippen LogP contribution in [0.5, 0.6) is 11.6 Å². The van der Waals surface area contributed by atoms with Crippen LogP contribution in [0.2, 0.25) is 0 Å². The number of carbonyl (C=O) groups excluding carboxylic acids is 2. The first-order valence-electron chi connectivity index (χ1n) is 9.42. The van der Waals surface area contributed by atoms with E-state index in [1.807, 2.05) is 0 Å². The number of aromatic nitrogens is 1. The van der Waals surface area contributed by atoms with E-state index in [2.05, 4.69) is 20.8 Å². The number of hydrogen-bond donors (Lipinski definition) is 3. The molecular weight excluding hydrogens is 417 g/mol. The molecule has 0 spiro atoms. The van der Waals surface area contributed by atoms with Gasteiger partial charge in [-0.15, -0.1) is 0 Å². The lowest BCUT2D eigenvalue weighted by molar-refractivity contribution is -0.120. The third-order valence-electron chi connectivity index (χ3n) is 4.08. The summed E-state index contributed by atoms with van der Waals surface area (Å²) in [5.41, 5.74) is 7.28. The summed E-state index contributed by atoms with van der Waals surface area (Å²) in [6.45, 7) is -0.364. The Bertz CT molecular complexity index is 1100. The highest BCUT2D eigenvalue weighted by atomic mass is 19.1. The monoisotopic (exact) mass is 437 g/mol. The molecule has 0 atom stereocenters. The van der Waals surface area contributed by atoms with Gasteiger partial charge in [0.25, 0.3) is 11.8 Å². The van der Waals surface area contributed by atoms with E-state index in [9.17, 15) is 14.0 Å². The molecule has 4 N–H and O–H groups in total.